The molecular formula is C15H19N3O. The minimum Gasteiger partial charge on any atom is -0.472 e. The maximum absolute atomic E-state index is 5.73. The standard InChI is InChI=1S/C15H19N3O/c1-4-12-5-7-13(8-6-12)9-19-14-10(2)11(3)17-15(16)18-14/h5-8H,4,9H2,1-3H3,(H2,16,17,18). The van der Waals surface area contributed by atoms with Crippen LogP contribution in [0.1, 0.15) is 29.3 Å². The lowest BCUT2D eigenvalue weighted by Crippen LogP contribution is -2.05. The van der Waals surface area contributed by atoms with E-state index in [0.717, 1.165) is 23.2 Å². The van der Waals surface area contributed by atoms with Gasteiger partial charge in [-0.15, -0.1) is 0 Å². The second-order valence-electron chi connectivity index (χ2n) is 4.56. The first-order valence-corrected chi connectivity index (χ1v) is 6.41. The summed E-state index contributed by atoms with van der Waals surface area (Å²) in [5, 5.41) is 0. The summed E-state index contributed by atoms with van der Waals surface area (Å²) in [6, 6.07) is 8.38. The number of aryl methyl sites for hydroxylation is 2. The average Bonchev–Trinajstić information content (AvgIpc) is 2.41. The highest BCUT2D eigenvalue weighted by Gasteiger charge is 2.07. The van der Waals surface area contributed by atoms with Gasteiger partial charge in [0.15, 0.2) is 0 Å². The van der Waals surface area contributed by atoms with E-state index in [0.29, 0.717) is 12.5 Å². The molecule has 2 rings (SSSR count). The molecular weight excluding hydrogens is 238 g/mol. The fraction of sp³-hybridized carbons (Fsp3) is 0.333. The van der Waals surface area contributed by atoms with Gasteiger partial charge in [0.1, 0.15) is 6.61 Å². The minimum absolute atomic E-state index is 0.249. The molecule has 0 spiro atoms. The summed E-state index contributed by atoms with van der Waals surface area (Å²) in [6.07, 6.45) is 1.04. The average molecular weight is 257 g/mol. The van der Waals surface area contributed by atoms with Gasteiger partial charge in [0, 0.05) is 11.3 Å². The summed E-state index contributed by atoms with van der Waals surface area (Å²) in [7, 11) is 0. The van der Waals surface area contributed by atoms with Crippen LogP contribution in [0.15, 0.2) is 24.3 Å². The van der Waals surface area contributed by atoms with Crippen molar-refractivity contribution < 1.29 is 4.74 Å². The molecule has 0 fully saturated rings. The number of hydrogen-bond acceptors (Lipinski definition) is 4. The Morgan fingerprint density at radius 3 is 2.32 bits per heavy atom. The highest BCUT2D eigenvalue weighted by atomic mass is 16.5. The predicted molar refractivity (Wildman–Crippen MR) is 76.1 cm³/mol. The zero-order valence-electron chi connectivity index (χ0n) is 11.6. The number of nitrogens with zero attached hydrogens (tertiary/aromatic N) is 2. The van der Waals surface area contributed by atoms with Crippen molar-refractivity contribution in [2.45, 2.75) is 33.8 Å². The van der Waals surface area contributed by atoms with Gasteiger partial charge in [0.05, 0.1) is 0 Å². The van der Waals surface area contributed by atoms with Crippen molar-refractivity contribution in [3.05, 3.63) is 46.6 Å². The van der Waals surface area contributed by atoms with E-state index in [4.69, 9.17) is 10.5 Å². The van der Waals surface area contributed by atoms with Gasteiger partial charge in [-0.05, 0) is 31.4 Å². The second kappa shape index (κ2) is 5.69. The molecule has 2 aromatic rings. The van der Waals surface area contributed by atoms with Gasteiger partial charge in [0.25, 0.3) is 0 Å². The molecule has 0 aliphatic carbocycles. The normalized spacial score (nSPS) is 10.5. The Labute approximate surface area is 113 Å². The third kappa shape index (κ3) is 3.22. The molecule has 0 atom stereocenters. The Morgan fingerprint density at radius 2 is 1.68 bits per heavy atom. The quantitative estimate of drug-likeness (QED) is 0.915. The fourth-order valence-corrected chi connectivity index (χ4v) is 1.79. The van der Waals surface area contributed by atoms with Gasteiger partial charge in [-0.1, -0.05) is 31.2 Å². The largest absolute Gasteiger partial charge is 0.472 e. The van der Waals surface area contributed by atoms with E-state index in [2.05, 4.69) is 41.2 Å². The Balaban J connectivity index is 2.09. The molecule has 19 heavy (non-hydrogen) atoms. The number of anilines is 1. The van der Waals surface area contributed by atoms with Crippen LogP contribution in [0.4, 0.5) is 5.95 Å². The van der Waals surface area contributed by atoms with Crippen molar-refractivity contribution in [3.63, 3.8) is 0 Å². The first-order valence-electron chi connectivity index (χ1n) is 6.41. The van der Waals surface area contributed by atoms with Crippen molar-refractivity contribution in [3.8, 4) is 5.88 Å². The topological polar surface area (TPSA) is 61.0 Å². The maximum atomic E-state index is 5.73. The molecule has 100 valence electrons. The van der Waals surface area contributed by atoms with E-state index in [1.54, 1.807) is 0 Å². The first kappa shape index (κ1) is 13.3. The maximum Gasteiger partial charge on any atom is 0.223 e. The SMILES string of the molecule is CCc1ccc(COc2nc(N)nc(C)c2C)cc1. The Hall–Kier alpha value is -2.10. The lowest BCUT2D eigenvalue weighted by molar-refractivity contribution is 0.291. The molecule has 0 saturated carbocycles. The molecule has 0 aliphatic rings. The number of benzene rings is 1. The van der Waals surface area contributed by atoms with Gasteiger partial charge in [0.2, 0.25) is 11.8 Å². The van der Waals surface area contributed by atoms with Crippen LogP contribution >= 0.6 is 0 Å². The molecule has 0 radical (unpaired) electrons. The fourth-order valence-electron chi connectivity index (χ4n) is 1.79. The van der Waals surface area contributed by atoms with Crippen molar-refractivity contribution in [1.82, 2.24) is 9.97 Å². The molecule has 0 saturated heterocycles. The number of rotatable bonds is 4. The van der Waals surface area contributed by atoms with E-state index in [9.17, 15) is 0 Å². The van der Waals surface area contributed by atoms with E-state index in [1.807, 2.05) is 13.8 Å². The molecule has 1 heterocycles. The predicted octanol–water partition coefficient (Wildman–Crippen LogP) is 2.82. The zero-order valence-corrected chi connectivity index (χ0v) is 11.6. The summed E-state index contributed by atoms with van der Waals surface area (Å²) in [5.41, 5.74) is 9.85. The highest BCUT2D eigenvalue weighted by molar-refractivity contribution is 5.34. The van der Waals surface area contributed by atoms with Gasteiger partial charge >= 0.3 is 0 Å². The summed E-state index contributed by atoms with van der Waals surface area (Å²) in [4.78, 5) is 8.22. The molecule has 4 heteroatoms. The van der Waals surface area contributed by atoms with Crippen molar-refractivity contribution in [2.24, 2.45) is 0 Å². The van der Waals surface area contributed by atoms with Crippen molar-refractivity contribution in [2.75, 3.05) is 5.73 Å². The van der Waals surface area contributed by atoms with Crippen LogP contribution in [-0.2, 0) is 13.0 Å². The smallest absolute Gasteiger partial charge is 0.223 e. The zero-order chi connectivity index (χ0) is 13.8. The Morgan fingerprint density at radius 1 is 1.05 bits per heavy atom. The van der Waals surface area contributed by atoms with E-state index >= 15 is 0 Å². The van der Waals surface area contributed by atoms with Crippen LogP contribution in [-0.4, -0.2) is 9.97 Å². The van der Waals surface area contributed by atoms with Crippen LogP contribution in [0, 0.1) is 13.8 Å². The van der Waals surface area contributed by atoms with Crippen molar-refractivity contribution in [1.29, 1.82) is 0 Å². The minimum atomic E-state index is 0.249. The van der Waals surface area contributed by atoms with Crippen LogP contribution < -0.4 is 10.5 Å². The van der Waals surface area contributed by atoms with Crippen LogP contribution in [0.5, 0.6) is 5.88 Å². The van der Waals surface area contributed by atoms with Crippen LogP contribution in [0.25, 0.3) is 0 Å². The van der Waals surface area contributed by atoms with Gasteiger partial charge in [-0.25, -0.2) is 4.98 Å². The summed E-state index contributed by atoms with van der Waals surface area (Å²) < 4.78 is 5.73. The summed E-state index contributed by atoms with van der Waals surface area (Å²) >= 11 is 0. The van der Waals surface area contributed by atoms with Gasteiger partial charge in [-0.2, -0.15) is 4.98 Å². The second-order valence-corrected chi connectivity index (χ2v) is 4.56. The molecule has 0 aliphatic heterocycles. The molecule has 2 N–H and O–H groups in total. The highest BCUT2D eigenvalue weighted by Crippen LogP contribution is 2.19. The Bertz CT molecular complexity index is 564. The third-order valence-corrected chi connectivity index (χ3v) is 3.17. The number of aromatic nitrogens is 2. The van der Waals surface area contributed by atoms with Gasteiger partial charge in [-0.3, -0.25) is 0 Å². The lowest BCUT2D eigenvalue weighted by Gasteiger charge is -2.10. The van der Waals surface area contributed by atoms with E-state index in [-0.39, 0.29) is 5.95 Å². The molecule has 0 amide bonds. The summed E-state index contributed by atoms with van der Waals surface area (Å²) in [6.45, 7) is 6.46. The number of nitrogen functional groups attached to an aromatic ring is 1. The lowest BCUT2D eigenvalue weighted by atomic mass is 10.1. The molecule has 1 aromatic carbocycles. The van der Waals surface area contributed by atoms with E-state index in [1.165, 1.54) is 5.56 Å². The Kier molecular flexibility index (Phi) is 4.00. The summed E-state index contributed by atoms with van der Waals surface area (Å²) in [5.74, 6) is 0.809. The van der Waals surface area contributed by atoms with Crippen LogP contribution in [0.2, 0.25) is 0 Å². The third-order valence-electron chi connectivity index (χ3n) is 3.17. The monoisotopic (exact) mass is 257 g/mol. The molecule has 0 bridgehead atoms. The molecule has 4 nitrogen and oxygen atoms in total. The van der Waals surface area contributed by atoms with Gasteiger partial charge < -0.3 is 10.5 Å². The molecule has 0 unspecified atom stereocenters. The number of ether oxygens (including phenoxy) is 1. The number of nitrogens with two attached hydrogens (primary N) is 1. The van der Waals surface area contributed by atoms with Crippen LogP contribution in [0.3, 0.4) is 0 Å². The first-order chi connectivity index (χ1) is 9.10. The van der Waals surface area contributed by atoms with E-state index < -0.39 is 0 Å². The van der Waals surface area contributed by atoms with Crippen molar-refractivity contribution >= 4 is 5.95 Å². The molecule has 1 aromatic heterocycles. The number of hydrogen-bond donors (Lipinski definition) is 1.